The lowest BCUT2D eigenvalue weighted by Crippen LogP contribution is -2.51. The smallest absolute Gasteiger partial charge is 0.303 e. The number of carbonyl (C=O) groups excluding carboxylic acids is 3. The highest BCUT2D eigenvalue weighted by atomic mass is 16.6. The van der Waals surface area contributed by atoms with E-state index < -0.39 is 55.5 Å². The minimum absolute atomic E-state index is 0.484. The van der Waals surface area contributed by atoms with Gasteiger partial charge in [0.2, 0.25) is 0 Å². The first kappa shape index (κ1) is 19.3. The zero-order valence-corrected chi connectivity index (χ0v) is 12.0. The van der Waals surface area contributed by atoms with Gasteiger partial charge in [0.25, 0.3) is 0 Å². The lowest BCUT2D eigenvalue weighted by molar-refractivity contribution is -0.190. The van der Waals surface area contributed by atoms with Crippen LogP contribution < -0.4 is 0 Å². The van der Waals surface area contributed by atoms with E-state index >= 15 is 0 Å². The molecule has 0 radical (unpaired) electrons. The van der Waals surface area contributed by atoms with E-state index in [4.69, 9.17) is 14.6 Å². The van der Waals surface area contributed by atoms with Gasteiger partial charge in [0, 0.05) is 20.8 Å². The third-order valence-corrected chi connectivity index (χ3v) is 2.35. The van der Waals surface area contributed by atoms with Crippen LogP contribution in [0.5, 0.6) is 0 Å². The summed E-state index contributed by atoms with van der Waals surface area (Å²) in [5.74, 6) is -2.26. The summed E-state index contributed by atoms with van der Waals surface area (Å²) in [5.41, 5.74) is 0. The molecule has 0 unspecified atom stereocenters. The van der Waals surface area contributed by atoms with Crippen LogP contribution in [0.15, 0.2) is 0 Å². The average molecular weight is 308 g/mol. The molecule has 9 heteroatoms. The van der Waals surface area contributed by atoms with E-state index in [1.165, 1.54) is 0 Å². The molecule has 4 atom stereocenters. The van der Waals surface area contributed by atoms with Crippen LogP contribution >= 0.6 is 0 Å². The van der Waals surface area contributed by atoms with Gasteiger partial charge in [-0.1, -0.05) is 0 Å². The van der Waals surface area contributed by atoms with E-state index in [0.717, 1.165) is 20.8 Å². The van der Waals surface area contributed by atoms with Gasteiger partial charge in [0.1, 0.15) is 18.8 Å². The molecule has 0 amide bonds. The summed E-state index contributed by atoms with van der Waals surface area (Å²) in [6.45, 7) is 1.94. The van der Waals surface area contributed by atoms with Crippen molar-refractivity contribution >= 4 is 17.9 Å². The van der Waals surface area contributed by atoms with Crippen LogP contribution in [0.3, 0.4) is 0 Å². The summed E-state index contributed by atoms with van der Waals surface area (Å²) in [6, 6.07) is 0. The Hall–Kier alpha value is -1.71. The molecule has 0 aliphatic heterocycles. The molecule has 9 nitrogen and oxygen atoms in total. The number of ether oxygens (including phenoxy) is 3. The van der Waals surface area contributed by atoms with Crippen LogP contribution in [0.4, 0.5) is 0 Å². The number of carbonyl (C=O) groups is 3. The van der Waals surface area contributed by atoms with Gasteiger partial charge < -0.3 is 29.5 Å². The van der Waals surface area contributed by atoms with Crippen molar-refractivity contribution in [3.63, 3.8) is 0 Å². The van der Waals surface area contributed by atoms with Crippen molar-refractivity contribution < 1.29 is 43.9 Å². The molecule has 0 aromatic rings. The molecule has 0 aliphatic carbocycles. The van der Waals surface area contributed by atoms with E-state index in [1.807, 2.05) is 0 Å². The summed E-state index contributed by atoms with van der Waals surface area (Å²) in [4.78, 5) is 32.9. The first-order chi connectivity index (χ1) is 9.68. The Morgan fingerprint density at radius 2 is 1.48 bits per heavy atom. The SMILES string of the molecule is CC(=O)OC[C@H](OC(C)=O)[C@@H](OC(C)=O)[C@H](O)[C@H](O)CO. The van der Waals surface area contributed by atoms with Crippen LogP contribution in [0, 0.1) is 0 Å². The predicted molar refractivity (Wildman–Crippen MR) is 66.8 cm³/mol. The minimum atomic E-state index is -1.74. The molecule has 21 heavy (non-hydrogen) atoms. The fourth-order valence-corrected chi connectivity index (χ4v) is 1.49. The van der Waals surface area contributed by atoms with Gasteiger partial charge >= 0.3 is 17.9 Å². The fourth-order valence-electron chi connectivity index (χ4n) is 1.49. The maximum Gasteiger partial charge on any atom is 0.303 e. The quantitative estimate of drug-likeness (QED) is 0.347. The highest BCUT2D eigenvalue weighted by Gasteiger charge is 2.38. The molecule has 0 saturated carbocycles. The highest BCUT2D eigenvalue weighted by Crippen LogP contribution is 2.14. The van der Waals surface area contributed by atoms with Gasteiger partial charge in [-0.05, 0) is 0 Å². The second-order valence-electron chi connectivity index (χ2n) is 4.27. The van der Waals surface area contributed by atoms with Crippen molar-refractivity contribution in [1.82, 2.24) is 0 Å². The maximum absolute atomic E-state index is 11.1. The Balaban J connectivity index is 5.17. The maximum atomic E-state index is 11.1. The first-order valence-electron chi connectivity index (χ1n) is 6.13. The molecule has 0 spiro atoms. The van der Waals surface area contributed by atoms with Gasteiger partial charge in [-0.15, -0.1) is 0 Å². The van der Waals surface area contributed by atoms with E-state index in [9.17, 15) is 24.6 Å². The van der Waals surface area contributed by atoms with E-state index in [1.54, 1.807) is 0 Å². The molecular formula is C12H20O9. The monoisotopic (exact) mass is 308 g/mol. The summed E-state index contributed by atoms with van der Waals surface area (Å²) in [7, 11) is 0. The van der Waals surface area contributed by atoms with Crippen LogP contribution in [-0.2, 0) is 28.6 Å². The van der Waals surface area contributed by atoms with Gasteiger partial charge in [-0.25, -0.2) is 0 Å². The van der Waals surface area contributed by atoms with E-state index in [0.29, 0.717) is 0 Å². The molecule has 0 aliphatic rings. The standard InChI is InChI=1S/C12H20O9/c1-6(14)19-5-10(20-7(2)15)12(21-8(3)16)11(18)9(17)4-13/h9-13,17-18H,4-5H2,1-3H3/t9-,10+,11-,12-/m1/s1. The molecule has 0 bridgehead atoms. The molecule has 0 heterocycles. The number of esters is 3. The van der Waals surface area contributed by atoms with Crippen molar-refractivity contribution in [2.75, 3.05) is 13.2 Å². The number of hydrogen-bond donors (Lipinski definition) is 3. The zero-order valence-electron chi connectivity index (χ0n) is 12.0. The Bertz CT molecular complexity index is 368. The topological polar surface area (TPSA) is 140 Å². The molecular weight excluding hydrogens is 288 g/mol. The Labute approximate surface area is 121 Å². The second-order valence-corrected chi connectivity index (χ2v) is 4.27. The van der Waals surface area contributed by atoms with Gasteiger partial charge in [-0.2, -0.15) is 0 Å². The predicted octanol–water partition coefficient (Wildman–Crippen LogP) is -1.87. The molecule has 0 saturated heterocycles. The molecule has 0 aromatic carbocycles. The zero-order chi connectivity index (χ0) is 16.6. The molecule has 122 valence electrons. The van der Waals surface area contributed by atoms with Gasteiger partial charge in [-0.3, -0.25) is 14.4 Å². The normalized spacial score (nSPS) is 16.3. The third kappa shape index (κ3) is 7.59. The van der Waals surface area contributed by atoms with Crippen molar-refractivity contribution in [3.8, 4) is 0 Å². The molecule has 0 rings (SSSR count). The summed E-state index contributed by atoms with van der Waals surface area (Å²) in [5, 5.41) is 28.1. The highest BCUT2D eigenvalue weighted by molar-refractivity contribution is 5.68. The molecule has 0 aromatic heterocycles. The van der Waals surface area contributed by atoms with Crippen LogP contribution in [0.1, 0.15) is 20.8 Å². The van der Waals surface area contributed by atoms with Gasteiger partial charge in [0.15, 0.2) is 12.2 Å². The van der Waals surface area contributed by atoms with E-state index in [2.05, 4.69) is 4.74 Å². The van der Waals surface area contributed by atoms with Crippen molar-refractivity contribution in [2.45, 2.75) is 45.2 Å². The van der Waals surface area contributed by atoms with Crippen molar-refractivity contribution in [1.29, 1.82) is 0 Å². The Morgan fingerprint density at radius 1 is 0.952 bits per heavy atom. The van der Waals surface area contributed by atoms with Crippen LogP contribution in [-0.4, -0.2) is 70.9 Å². The van der Waals surface area contributed by atoms with E-state index in [-0.39, 0.29) is 0 Å². The van der Waals surface area contributed by atoms with Crippen molar-refractivity contribution in [3.05, 3.63) is 0 Å². The Morgan fingerprint density at radius 3 is 1.86 bits per heavy atom. The summed E-state index contributed by atoms with van der Waals surface area (Å²) >= 11 is 0. The number of aliphatic hydroxyl groups is 3. The average Bonchev–Trinajstić information content (AvgIpc) is 2.38. The Kier molecular flexibility index (Phi) is 8.51. The number of hydrogen-bond acceptors (Lipinski definition) is 9. The van der Waals surface area contributed by atoms with Crippen molar-refractivity contribution in [2.24, 2.45) is 0 Å². The lowest BCUT2D eigenvalue weighted by Gasteiger charge is -2.31. The fraction of sp³-hybridized carbons (Fsp3) is 0.750. The first-order valence-corrected chi connectivity index (χ1v) is 6.13. The third-order valence-electron chi connectivity index (χ3n) is 2.35. The lowest BCUT2D eigenvalue weighted by atomic mass is 10.0. The summed E-state index contributed by atoms with van der Waals surface area (Å²) in [6.07, 6.45) is -6.21. The van der Waals surface area contributed by atoms with Gasteiger partial charge in [0.05, 0.1) is 6.61 Å². The largest absolute Gasteiger partial charge is 0.462 e. The number of aliphatic hydroxyl groups excluding tert-OH is 3. The molecule has 3 N–H and O–H groups in total. The second kappa shape index (κ2) is 9.27. The van der Waals surface area contributed by atoms with Crippen LogP contribution in [0.25, 0.3) is 0 Å². The number of rotatable bonds is 8. The summed E-state index contributed by atoms with van der Waals surface area (Å²) < 4.78 is 14.3. The minimum Gasteiger partial charge on any atom is -0.462 e. The van der Waals surface area contributed by atoms with Crippen LogP contribution in [0.2, 0.25) is 0 Å². The molecule has 0 fully saturated rings.